The molecule has 1 fully saturated rings. The van der Waals surface area contributed by atoms with E-state index in [4.69, 9.17) is 11.5 Å². The second kappa shape index (κ2) is 7.36. The van der Waals surface area contributed by atoms with Gasteiger partial charge in [0.1, 0.15) is 0 Å². The lowest BCUT2D eigenvalue weighted by molar-refractivity contribution is 0.100. The third-order valence-corrected chi connectivity index (χ3v) is 4.51. The van der Waals surface area contributed by atoms with Gasteiger partial charge in [0.05, 0.1) is 11.3 Å². The highest BCUT2D eigenvalue weighted by Gasteiger charge is 2.21. The molecule has 0 spiro atoms. The van der Waals surface area contributed by atoms with Gasteiger partial charge in [0.15, 0.2) is 0 Å². The van der Waals surface area contributed by atoms with Crippen LogP contribution in [0.15, 0.2) is 48.5 Å². The molecule has 2 aromatic carbocycles. The third kappa shape index (κ3) is 3.86. The summed E-state index contributed by atoms with van der Waals surface area (Å²) in [7, 11) is 0. The number of amides is 1. The average molecular weight is 324 g/mol. The highest BCUT2D eigenvalue weighted by molar-refractivity contribution is 6.00. The minimum atomic E-state index is -0.450. The number of nitrogens with two attached hydrogens (primary N) is 2. The molecule has 0 heterocycles. The van der Waals surface area contributed by atoms with Crippen LogP contribution in [-0.2, 0) is 0 Å². The second-order valence-electron chi connectivity index (χ2n) is 6.31. The van der Waals surface area contributed by atoms with Gasteiger partial charge in [0, 0.05) is 23.5 Å². The van der Waals surface area contributed by atoms with E-state index in [9.17, 15) is 4.79 Å². The summed E-state index contributed by atoms with van der Waals surface area (Å²) >= 11 is 0. The molecule has 1 saturated carbocycles. The van der Waals surface area contributed by atoms with Crippen LogP contribution >= 0.6 is 0 Å². The predicted octanol–water partition coefficient (Wildman–Crippen LogP) is 3.21. The van der Waals surface area contributed by atoms with Gasteiger partial charge in [-0.25, -0.2) is 0 Å². The van der Waals surface area contributed by atoms with Crippen molar-refractivity contribution in [3.8, 4) is 0 Å². The molecule has 0 bridgehead atoms. The van der Waals surface area contributed by atoms with E-state index in [2.05, 4.69) is 10.6 Å². The molecular weight excluding hydrogens is 300 g/mol. The summed E-state index contributed by atoms with van der Waals surface area (Å²) in [6, 6.07) is 15.7. The lowest BCUT2D eigenvalue weighted by Gasteiger charge is -2.30. The first-order chi connectivity index (χ1) is 11.6. The van der Waals surface area contributed by atoms with E-state index in [0.29, 0.717) is 11.3 Å². The summed E-state index contributed by atoms with van der Waals surface area (Å²) in [5, 5.41) is 6.78. The van der Waals surface area contributed by atoms with Gasteiger partial charge in [-0.1, -0.05) is 31.0 Å². The fraction of sp³-hybridized carbons (Fsp3) is 0.316. The predicted molar refractivity (Wildman–Crippen MR) is 98.5 cm³/mol. The van der Waals surface area contributed by atoms with E-state index in [0.717, 1.165) is 24.2 Å². The summed E-state index contributed by atoms with van der Waals surface area (Å²) in [6.07, 6.45) is 4.51. The zero-order valence-corrected chi connectivity index (χ0v) is 13.7. The van der Waals surface area contributed by atoms with Crippen molar-refractivity contribution in [3.63, 3.8) is 0 Å². The molecule has 6 N–H and O–H groups in total. The summed E-state index contributed by atoms with van der Waals surface area (Å²) in [5.74, 6) is -0.450. The van der Waals surface area contributed by atoms with Crippen LogP contribution in [0.5, 0.6) is 0 Å². The monoisotopic (exact) mass is 324 g/mol. The molecule has 0 unspecified atom stereocenters. The second-order valence-corrected chi connectivity index (χ2v) is 6.31. The van der Waals surface area contributed by atoms with Gasteiger partial charge in [0.2, 0.25) is 0 Å². The number of benzene rings is 2. The van der Waals surface area contributed by atoms with E-state index in [1.165, 1.54) is 12.8 Å². The van der Waals surface area contributed by atoms with Crippen molar-refractivity contribution in [3.05, 3.63) is 54.1 Å². The Morgan fingerprint density at radius 3 is 2.46 bits per heavy atom. The molecule has 1 aliphatic carbocycles. The lowest BCUT2D eigenvalue weighted by atomic mass is 9.91. The van der Waals surface area contributed by atoms with Crippen LogP contribution in [0.4, 0.5) is 17.1 Å². The fourth-order valence-electron chi connectivity index (χ4n) is 3.18. The SMILES string of the molecule is NC(=O)c1ccc(N[C@@H]2CCCC[C@@H]2N)cc1Nc1ccccc1. The van der Waals surface area contributed by atoms with Crippen molar-refractivity contribution in [1.82, 2.24) is 0 Å². The lowest BCUT2D eigenvalue weighted by Crippen LogP contribution is -2.42. The molecule has 0 radical (unpaired) electrons. The van der Waals surface area contributed by atoms with E-state index in [1.807, 2.05) is 42.5 Å². The molecule has 24 heavy (non-hydrogen) atoms. The van der Waals surface area contributed by atoms with Gasteiger partial charge in [-0.3, -0.25) is 4.79 Å². The maximum Gasteiger partial charge on any atom is 0.250 e. The van der Waals surface area contributed by atoms with E-state index in [1.54, 1.807) is 6.07 Å². The van der Waals surface area contributed by atoms with Gasteiger partial charge in [0.25, 0.3) is 5.91 Å². The Kier molecular flexibility index (Phi) is 5.01. The molecule has 3 rings (SSSR count). The minimum Gasteiger partial charge on any atom is -0.381 e. The largest absolute Gasteiger partial charge is 0.381 e. The molecule has 0 aromatic heterocycles. The molecule has 126 valence electrons. The van der Waals surface area contributed by atoms with Crippen molar-refractivity contribution in [2.75, 3.05) is 10.6 Å². The Balaban J connectivity index is 1.83. The average Bonchev–Trinajstić information content (AvgIpc) is 2.58. The van der Waals surface area contributed by atoms with Crippen molar-refractivity contribution < 1.29 is 4.79 Å². The van der Waals surface area contributed by atoms with Crippen molar-refractivity contribution in [2.45, 2.75) is 37.8 Å². The Morgan fingerprint density at radius 2 is 1.75 bits per heavy atom. The number of carbonyl (C=O) groups excluding carboxylic acids is 1. The number of para-hydroxylation sites is 1. The summed E-state index contributed by atoms with van der Waals surface area (Å²) in [4.78, 5) is 11.7. The number of hydrogen-bond donors (Lipinski definition) is 4. The third-order valence-electron chi connectivity index (χ3n) is 4.51. The first-order valence-electron chi connectivity index (χ1n) is 8.41. The molecule has 0 saturated heterocycles. The number of primary amides is 1. The molecule has 0 aliphatic heterocycles. The first kappa shape index (κ1) is 16.3. The van der Waals surface area contributed by atoms with Crippen molar-refractivity contribution >= 4 is 23.0 Å². The van der Waals surface area contributed by atoms with Crippen LogP contribution in [0.3, 0.4) is 0 Å². The summed E-state index contributed by atoms with van der Waals surface area (Å²) in [5.41, 5.74) is 14.7. The number of hydrogen-bond acceptors (Lipinski definition) is 4. The fourth-order valence-corrected chi connectivity index (χ4v) is 3.18. The Morgan fingerprint density at radius 1 is 1.00 bits per heavy atom. The quantitative estimate of drug-likeness (QED) is 0.679. The normalized spacial score (nSPS) is 20.4. The highest BCUT2D eigenvalue weighted by atomic mass is 16.1. The maximum absolute atomic E-state index is 11.7. The molecular formula is C19H24N4O. The minimum absolute atomic E-state index is 0.167. The molecule has 5 heteroatoms. The van der Waals surface area contributed by atoms with Crippen LogP contribution in [0.2, 0.25) is 0 Å². The van der Waals surface area contributed by atoms with E-state index >= 15 is 0 Å². The Hall–Kier alpha value is -2.53. The van der Waals surface area contributed by atoms with Gasteiger partial charge >= 0.3 is 0 Å². The summed E-state index contributed by atoms with van der Waals surface area (Å²) < 4.78 is 0. The van der Waals surface area contributed by atoms with E-state index < -0.39 is 5.91 Å². The number of rotatable bonds is 5. The Bertz CT molecular complexity index is 702. The van der Waals surface area contributed by atoms with Crippen LogP contribution in [-0.4, -0.2) is 18.0 Å². The molecule has 2 atom stereocenters. The van der Waals surface area contributed by atoms with Gasteiger partial charge < -0.3 is 22.1 Å². The summed E-state index contributed by atoms with van der Waals surface area (Å²) in [6.45, 7) is 0. The zero-order valence-electron chi connectivity index (χ0n) is 13.7. The van der Waals surface area contributed by atoms with Crippen LogP contribution < -0.4 is 22.1 Å². The van der Waals surface area contributed by atoms with Crippen molar-refractivity contribution in [1.29, 1.82) is 0 Å². The smallest absolute Gasteiger partial charge is 0.250 e. The van der Waals surface area contributed by atoms with Crippen LogP contribution in [0.1, 0.15) is 36.0 Å². The topological polar surface area (TPSA) is 93.2 Å². The maximum atomic E-state index is 11.7. The Labute approximate surface area is 142 Å². The van der Waals surface area contributed by atoms with Crippen LogP contribution in [0, 0.1) is 0 Å². The van der Waals surface area contributed by atoms with Crippen molar-refractivity contribution in [2.24, 2.45) is 11.5 Å². The number of anilines is 3. The van der Waals surface area contributed by atoms with Gasteiger partial charge in [-0.15, -0.1) is 0 Å². The molecule has 5 nitrogen and oxygen atoms in total. The van der Waals surface area contributed by atoms with Crippen LogP contribution in [0.25, 0.3) is 0 Å². The number of nitrogens with one attached hydrogen (secondary N) is 2. The molecule has 1 amide bonds. The van der Waals surface area contributed by atoms with Gasteiger partial charge in [-0.05, 0) is 43.2 Å². The first-order valence-corrected chi connectivity index (χ1v) is 8.41. The molecule has 2 aromatic rings. The van der Waals surface area contributed by atoms with Gasteiger partial charge in [-0.2, -0.15) is 0 Å². The standard InChI is InChI=1S/C19H24N4O/c20-16-8-4-5-9-17(16)23-14-10-11-15(19(21)24)18(12-14)22-13-6-2-1-3-7-13/h1-3,6-7,10-12,16-17,22-23H,4-5,8-9,20H2,(H2,21,24)/t16-,17+/m0/s1. The van der Waals surface area contributed by atoms with E-state index in [-0.39, 0.29) is 12.1 Å². The number of carbonyl (C=O) groups is 1. The zero-order chi connectivity index (χ0) is 16.9. The highest BCUT2D eigenvalue weighted by Crippen LogP contribution is 2.27. The molecule has 1 aliphatic rings.